The molecule has 0 aliphatic heterocycles. The van der Waals surface area contributed by atoms with Crippen molar-refractivity contribution in [1.29, 1.82) is 5.26 Å². The average Bonchev–Trinajstić information content (AvgIpc) is 2.46. The summed E-state index contributed by atoms with van der Waals surface area (Å²) in [7, 11) is 3.98. The summed E-state index contributed by atoms with van der Waals surface area (Å²) in [4.78, 5) is 6.85. The number of aromatic nitrogens is 1. The summed E-state index contributed by atoms with van der Waals surface area (Å²) in [5.41, 5.74) is 3.18. The van der Waals surface area contributed by atoms with Crippen LogP contribution in [0.4, 0.5) is 5.82 Å². The van der Waals surface area contributed by atoms with Gasteiger partial charge in [-0.15, -0.1) is 0 Å². The highest BCUT2D eigenvalue weighted by molar-refractivity contribution is 5.56. The van der Waals surface area contributed by atoms with Crippen molar-refractivity contribution in [3.63, 3.8) is 0 Å². The zero-order valence-corrected chi connectivity index (χ0v) is 11.9. The molecule has 4 nitrogen and oxygen atoms in total. The largest absolute Gasteiger partial charge is 0.359 e. The van der Waals surface area contributed by atoms with Crippen LogP contribution in [0.25, 0.3) is 0 Å². The lowest BCUT2D eigenvalue weighted by atomic mass is 9.95. The maximum Gasteiger partial charge on any atom is 0.146 e. The van der Waals surface area contributed by atoms with Gasteiger partial charge in [-0.25, -0.2) is 4.98 Å². The lowest BCUT2D eigenvalue weighted by Crippen LogP contribution is -2.25. The fourth-order valence-corrected chi connectivity index (χ4v) is 2.59. The van der Waals surface area contributed by atoms with Gasteiger partial charge in [-0.2, -0.15) is 5.26 Å². The summed E-state index contributed by atoms with van der Waals surface area (Å²) in [5, 5.41) is 12.5. The van der Waals surface area contributed by atoms with E-state index in [1.165, 1.54) is 24.1 Å². The SMILES string of the molecule is CNCCCN(C)c1nc2c(cc1C#N)CCCC2. The van der Waals surface area contributed by atoms with Crippen molar-refractivity contribution < 1.29 is 0 Å². The van der Waals surface area contributed by atoms with Gasteiger partial charge in [0.05, 0.1) is 5.56 Å². The van der Waals surface area contributed by atoms with Crippen LogP contribution in [-0.2, 0) is 12.8 Å². The average molecular weight is 258 g/mol. The van der Waals surface area contributed by atoms with E-state index in [-0.39, 0.29) is 0 Å². The van der Waals surface area contributed by atoms with Gasteiger partial charge in [0.2, 0.25) is 0 Å². The van der Waals surface area contributed by atoms with Crippen LogP contribution in [0.15, 0.2) is 6.07 Å². The number of aryl methyl sites for hydroxylation is 2. The van der Waals surface area contributed by atoms with E-state index in [2.05, 4.69) is 16.3 Å². The van der Waals surface area contributed by atoms with Gasteiger partial charge in [0.25, 0.3) is 0 Å². The first-order valence-electron chi connectivity index (χ1n) is 7.05. The molecule has 0 unspecified atom stereocenters. The highest BCUT2D eigenvalue weighted by atomic mass is 15.2. The topological polar surface area (TPSA) is 52.0 Å². The van der Waals surface area contributed by atoms with Crippen molar-refractivity contribution in [3.05, 3.63) is 22.9 Å². The minimum atomic E-state index is 0.715. The normalized spacial score (nSPS) is 13.7. The quantitative estimate of drug-likeness (QED) is 0.819. The molecule has 1 aromatic heterocycles. The monoisotopic (exact) mass is 258 g/mol. The number of nitrogens with one attached hydrogen (secondary N) is 1. The molecular weight excluding hydrogens is 236 g/mol. The molecule has 0 saturated heterocycles. The van der Waals surface area contributed by atoms with Gasteiger partial charge in [0.15, 0.2) is 0 Å². The molecular formula is C15H22N4. The van der Waals surface area contributed by atoms with Gasteiger partial charge in [0.1, 0.15) is 11.9 Å². The molecule has 19 heavy (non-hydrogen) atoms. The van der Waals surface area contributed by atoms with Crippen LogP contribution in [0.3, 0.4) is 0 Å². The molecule has 1 heterocycles. The molecule has 1 N–H and O–H groups in total. The van der Waals surface area contributed by atoms with Crippen LogP contribution in [0.5, 0.6) is 0 Å². The van der Waals surface area contributed by atoms with Gasteiger partial charge in [-0.3, -0.25) is 0 Å². The Bertz CT molecular complexity index is 476. The maximum atomic E-state index is 9.31. The summed E-state index contributed by atoms with van der Waals surface area (Å²) in [6.45, 7) is 1.90. The molecule has 0 amide bonds. The Morgan fingerprint density at radius 3 is 2.95 bits per heavy atom. The van der Waals surface area contributed by atoms with E-state index in [1.54, 1.807) is 0 Å². The van der Waals surface area contributed by atoms with E-state index >= 15 is 0 Å². The number of rotatable bonds is 5. The molecule has 2 rings (SSSR count). The molecule has 0 aromatic carbocycles. The van der Waals surface area contributed by atoms with Gasteiger partial charge >= 0.3 is 0 Å². The van der Waals surface area contributed by atoms with E-state index in [0.29, 0.717) is 5.56 Å². The van der Waals surface area contributed by atoms with E-state index in [4.69, 9.17) is 4.98 Å². The third-order valence-electron chi connectivity index (χ3n) is 3.68. The fourth-order valence-electron chi connectivity index (χ4n) is 2.59. The summed E-state index contributed by atoms with van der Waals surface area (Å²) in [5.74, 6) is 0.847. The second-order valence-corrected chi connectivity index (χ2v) is 5.16. The lowest BCUT2D eigenvalue weighted by Gasteiger charge is -2.23. The van der Waals surface area contributed by atoms with Crippen LogP contribution < -0.4 is 10.2 Å². The van der Waals surface area contributed by atoms with E-state index in [1.807, 2.05) is 20.2 Å². The first kappa shape index (κ1) is 13.8. The number of hydrogen-bond acceptors (Lipinski definition) is 4. The maximum absolute atomic E-state index is 9.31. The molecule has 1 aromatic rings. The van der Waals surface area contributed by atoms with Crippen molar-refractivity contribution in [2.45, 2.75) is 32.1 Å². The number of nitriles is 1. The number of fused-ring (bicyclic) bond motifs is 1. The van der Waals surface area contributed by atoms with E-state index in [0.717, 1.165) is 38.2 Å². The summed E-state index contributed by atoms with van der Waals surface area (Å²) in [6, 6.07) is 4.34. The highest BCUT2D eigenvalue weighted by Gasteiger charge is 2.17. The highest BCUT2D eigenvalue weighted by Crippen LogP contribution is 2.25. The Labute approximate surface area is 115 Å². The predicted octanol–water partition coefficient (Wildman–Crippen LogP) is 1.88. The number of pyridine rings is 1. The molecule has 4 heteroatoms. The van der Waals surface area contributed by atoms with Crippen LogP contribution >= 0.6 is 0 Å². The first-order valence-corrected chi connectivity index (χ1v) is 7.05. The molecule has 0 bridgehead atoms. The Morgan fingerprint density at radius 2 is 2.21 bits per heavy atom. The molecule has 0 fully saturated rings. The smallest absolute Gasteiger partial charge is 0.146 e. The van der Waals surface area contributed by atoms with Gasteiger partial charge in [0, 0.05) is 19.3 Å². The zero-order chi connectivity index (χ0) is 13.7. The van der Waals surface area contributed by atoms with E-state index in [9.17, 15) is 5.26 Å². The van der Waals surface area contributed by atoms with Crippen molar-refractivity contribution in [2.24, 2.45) is 0 Å². The zero-order valence-electron chi connectivity index (χ0n) is 11.9. The van der Waals surface area contributed by atoms with Crippen LogP contribution in [0.2, 0.25) is 0 Å². The summed E-state index contributed by atoms with van der Waals surface area (Å²) in [6.07, 6.45) is 5.61. The van der Waals surface area contributed by atoms with Crippen molar-refractivity contribution >= 4 is 5.82 Å². The second-order valence-electron chi connectivity index (χ2n) is 5.16. The third kappa shape index (κ3) is 3.24. The predicted molar refractivity (Wildman–Crippen MR) is 77.4 cm³/mol. The summed E-state index contributed by atoms with van der Waals surface area (Å²) >= 11 is 0. The molecule has 102 valence electrons. The van der Waals surface area contributed by atoms with Crippen molar-refractivity contribution in [3.8, 4) is 6.07 Å². The molecule has 0 spiro atoms. The Balaban J connectivity index is 2.21. The standard InChI is InChI=1S/C15H22N4/c1-17-8-5-9-19(2)15-13(11-16)10-12-6-3-4-7-14(12)18-15/h10,17H,3-9H2,1-2H3. The molecule has 1 aliphatic carbocycles. The minimum Gasteiger partial charge on any atom is -0.359 e. The number of anilines is 1. The van der Waals surface area contributed by atoms with E-state index < -0.39 is 0 Å². The minimum absolute atomic E-state index is 0.715. The third-order valence-corrected chi connectivity index (χ3v) is 3.68. The fraction of sp³-hybridized carbons (Fsp3) is 0.600. The molecule has 0 atom stereocenters. The molecule has 1 aliphatic rings. The van der Waals surface area contributed by atoms with Crippen LogP contribution in [0.1, 0.15) is 36.1 Å². The Hall–Kier alpha value is -1.60. The van der Waals surface area contributed by atoms with Crippen molar-refractivity contribution in [1.82, 2.24) is 10.3 Å². The second kappa shape index (κ2) is 6.53. The first-order chi connectivity index (χ1) is 9.26. The van der Waals surface area contributed by atoms with Gasteiger partial charge < -0.3 is 10.2 Å². The number of nitrogens with zero attached hydrogens (tertiary/aromatic N) is 3. The molecule has 0 saturated carbocycles. The summed E-state index contributed by atoms with van der Waals surface area (Å²) < 4.78 is 0. The number of hydrogen-bond donors (Lipinski definition) is 1. The van der Waals surface area contributed by atoms with Gasteiger partial charge in [-0.05, 0) is 57.3 Å². The van der Waals surface area contributed by atoms with Crippen molar-refractivity contribution in [2.75, 3.05) is 32.1 Å². The Kier molecular flexibility index (Phi) is 4.75. The molecule has 0 radical (unpaired) electrons. The van der Waals surface area contributed by atoms with Crippen LogP contribution in [0, 0.1) is 11.3 Å². The lowest BCUT2D eigenvalue weighted by molar-refractivity contribution is 0.662. The van der Waals surface area contributed by atoms with Gasteiger partial charge in [-0.1, -0.05) is 0 Å². The van der Waals surface area contributed by atoms with Crippen LogP contribution in [-0.4, -0.2) is 32.2 Å². The Morgan fingerprint density at radius 1 is 1.42 bits per heavy atom.